The quantitative estimate of drug-likeness (QED) is 0.558. The molecule has 33 heavy (non-hydrogen) atoms. The van der Waals surface area contributed by atoms with E-state index in [1.54, 1.807) is 24.3 Å². The van der Waals surface area contributed by atoms with E-state index in [2.05, 4.69) is 10.2 Å². The summed E-state index contributed by atoms with van der Waals surface area (Å²) in [6.07, 6.45) is 0. The van der Waals surface area contributed by atoms with Crippen molar-refractivity contribution in [1.29, 1.82) is 0 Å². The number of nitrogens with zero attached hydrogens (tertiary/aromatic N) is 2. The Morgan fingerprint density at radius 3 is 1.76 bits per heavy atom. The van der Waals surface area contributed by atoms with Gasteiger partial charge in [-0.2, -0.15) is 4.31 Å². The summed E-state index contributed by atoms with van der Waals surface area (Å²) < 4.78 is 27.1. The van der Waals surface area contributed by atoms with Crippen molar-refractivity contribution >= 4 is 15.9 Å². The van der Waals surface area contributed by atoms with Crippen molar-refractivity contribution in [2.45, 2.75) is 10.8 Å². The van der Waals surface area contributed by atoms with E-state index in [1.165, 1.54) is 4.31 Å². The second-order valence-electron chi connectivity index (χ2n) is 8.10. The smallest absolute Gasteiger partial charge is 0.243 e. The Kier molecular flexibility index (Phi) is 7.54. The highest BCUT2D eigenvalue weighted by atomic mass is 32.2. The molecule has 0 unspecified atom stereocenters. The minimum absolute atomic E-state index is 0.0299. The van der Waals surface area contributed by atoms with Crippen molar-refractivity contribution in [3.63, 3.8) is 0 Å². The Morgan fingerprint density at radius 1 is 0.758 bits per heavy atom. The Morgan fingerprint density at radius 2 is 1.24 bits per heavy atom. The molecular weight excluding hydrogens is 434 g/mol. The number of benzene rings is 3. The molecule has 0 radical (unpaired) electrons. The van der Waals surface area contributed by atoms with E-state index in [0.717, 1.165) is 11.1 Å². The molecule has 1 aliphatic rings. The molecule has 3 aromatic carbocycles. The Hall–Kier alpha value is -3.00. The maximum absolute atomic E-state index is 13.1. The fourth-order valence-corrected chi connectivity index (χ4v) is 5.60. The second-order valence-corrected chi connectivity index (χ2v) is 10.0. The van der Waals surface area contributed by atoms with Crippen LogP contribution in [0.1, 0.15) is 17.0 Å². The Labute approximate surface area is 195 Å². The monoisotopic (exact) mass is 463 g/mol. The molecule has 6 nitrogen and oxygen atoms in total. The normalized spacial score (nSPS) is 15.4. The molecule has 3 aromatic rings. The third-order valence-electron chi connectivity index (χ3n) is 5.97. The van der Waals surface area contributed by atoms with Crippen molar-refractivity contribution in [2.75, 3.05) is 39.3 Å². The van der Waals surface area contributed by atoms with Crippen molar-refractivity contribution < 1.29 is 13.2 Å². The average molecular weight is 464 g/mol. The van der Waals surface area contributed by atoms with E-state index < -0.39 is 10.0 Å². The summed E-state index contributed by atoms with van der Waals surface area (Å²) in [5, 5.41) is 3.08. The summed E-state index contributed by atoms with van der Waals surface area (Å²) in [5.74, 6) is -0.391. The predicted molar refractivity (Wildman–Crippen MR) is 129 cm³/mol. The minimum Gasteiger partial charge on any atom is -0.354 e. The topological polar surface area (TPSA) is 69.7 Å². The molecule has 1 aliphatic heterocycles. The maximum Gasteiger partial charge on any atom is 0.243 e. The van der Waals surface area contributed by atoms with Gasteiger partial charge in [0.2, 0.25) is 15.9 Å². The van der Waals surface area contributed by atoms with Crippen molar-refractivity contribution in [3.8, 4) is 0 Å². The summed E-state index contributed by atoms with van der Waals surface area (Å²) in [7, 11) is -3.45. The van der Waals surface area contributed by atoms with Gasteiger partial charge in [0.05, 0.1) is 10.8 Å². The predicted octanol–water partition coefficient (Wildman–Crippen LogP) is 2.94. The molecule has 1 N–H and O–H groups in total. The van der Waals surface area contributed by atoms with Crippen LogP contribution in [0.2, 0.25) is 0 Å². The standard InChI is InChI=1S/C26H29N3O3S/c30-26(25(22-10-4-1-5-11-22)23-12-6-2-7-13-23)27-16-17-28-18-20-29(21-19-28)33(31,32)24-14-8-3-9-15-24/h1-15,25H,16-21H2,(H,27,30). The average Bonchev–Trinajstić information content (AvgIpc) is 2.86. The first kappa shape index (κ1) is 23.2. The number of amides is 1. The maximum atomic E-state index is 13.1. The number of piperazine rings is 1. The molecule has 1 saturated heterocycles. The van der Waals surface area contributed by atoms with Gasteiger partial charge in [-0.25, -0.2) is 8.42 Å². The van der Waals surface area contributed by atoms with Crippen molar-refractivity contribution in [3.05, 3.63) is 102 Å². The third kappa shape index (κ3) is 5.68. The van der Waals surface area contributed by atoms with Gasteiger partial charge in [0.25, 0.3) is 0 Å². The molecule has 0 spiro atoms. The van der Waals surface area contributed by atoms with Crippen molar-refractivity contribution in [2.24, 2.45) is 0 Å². The van der Waals surface area contributed by atoms with E-state index in [-0.39, 0.29) is 11.8 Å². The van der Waals surface area contributed by atoms with E-state index in [1.807, 2.05) is 66.7 Å². The van der Waals surface area contributed by atoms with Gasteiger partial charge in [-0.15, -0.1) is 0 Å². The molecule has 0 aromatic heterocycles. The van der Waals surface area contributed by atoms with E-state index in [4.69, 9.17) is 0 Å². The summed E-state index contributed by atoms with van der Waals surface area (Å²) >= 11 is 0. The molecule has 7 heteroatoms. The van der Waals surface area contributed by atoms with Crippen LogP contribution < -0.4 is 5.32 Å². The first-order valence-electron chi connectivity index (χ1n) is 11.2. The molecular formula is C26H29N3O3S. The largest absolute Gasteiger partial charge is 0.354 e. The van der Waals surface area contributed by atoms with Gasteiger partial charge >= 0.3 is 0 Å². The number of hydrogen-bond donors (Lipinski definition) is 1. The number of nitrogens with one attached hydrogen (secondary N) is 1. The minimum atomic E-state index is -3.45. The zero-order valence-corrected chi connectivity index (χ0v) is 19.3. The van der Waals surface area contributed by atoms with Crippen LogP contribution in [0.3, 0.4) is 0 Å². The lowest BCUT2D eigenvalue weighted by Crippen LogP contribution is -2.50. The molecule has 4 rings (SSSR count). The molecule has 1 heterocycles. The summed E-state index contributed by atoms with van der Waals surface area (Å²) in [4.78, 5) is 15.6. The molecule has 0 atom stereocenters. The van der Waals surface area contributed by atoms with Crippen LogP contribution in [-0.4, -0.2) is 62.8 Å². The van der Waals surface area contributed by atoms with Crippen LogP contribution in [-0.2, 0) is 14.8 Å². The third-order valence-corrected chi connectivity index (χ3v) is 7.88. The highest BCUT2D eigenvalue weighted by Gasteiger charge is 2.28. The van der Waals surface area contributed by atoms with Gasteiger partial charge in [0, 0.05) is 39.3 Å². The fourth-order valence-electron chi connectivity index (χ4n) is 4.16. The number of sulfonamides is 1. The zero-order chi connectivity index (χ0) is 23.1. The van der Waals surface area contributed by atoms with E-state index >= 15 is 0 Å². The van der Waals surface area contributed by atoms with Gasteiger partial charge in [0.15, 0.2) is 0 Å². The highest BCUT2D eigenvalue weighted by molar-refractivity contribution is 7.89. The summed E-state index contributed by atoms with van der Waals surface area (Å²) in [5.41, 5.74) is 1.92. The number of hydrogen-bond acceptors (Lipinski definition) is 4. The lowest BCUT2D eigenvalue weighted by molar-refractivity contribution is -0.121. The first-order valence-corrected chi connectivity index (χ1v) is 12.6. The van der Waals surface area contributed by atoms with Gasteiger partial charge in [0.1, 0.15) is 0 Å². The zero-order valence-electron chi connectivity index (χ0n) is 18.5. The number of carbonyl (C=O) groups excluding carboxylic acids is 1. The van der Waals surface area contributed by atoms with Crippen LogP contribution in [0.15, 0.2) is 95.9 Å². The SMILES string of the molecule is O=C(NCCN1CCN(S(=O)(=O)c2ccccc2)CC1)C(c1ccccc1)c1ccccc1. The molecule has 0 bridgehead atoms. The first-order chi connectivity index (χ1) is 16.1. The summed E-state index contributed by atoms with van der Waals surface area (Å²) in [6, 6.07) is 28.1. The van der Waals surface area contributed by atoms with E-state index in [0.29, 0.717) is 44.2 Å². The molecule has 172 valence electrons. The number of rotatable bonds is 8. The van der Waals surface area contributed by atoms with Crippen molar-refractivity contribution in [1.82, 2.24) is 14.5 Å². The van der Waals surface area contributed by atoms with Crippen LogP contribution in [0.25, 0.3) is 0 Å². The lowest BCUT2D eigenvalue weighted by Gasteiger charge is -2.34. The van der Waals surface area contributed by atoms with Gasteiger partial charge in [-0.3, -0.25) is 9.69 Å². The van der Waals surface area contributed by atoms with Gasteiger partial charge < -0.3 is 5.32 Å². The van der Waals surface area contributed by atoms with Crippen LogP contribution in [0, 0.1) is 0 Å². The summed E-state index contributed by atoms with van der Waals surface area (Å²) in [6.45, 7) is 3.37. The Balaban J connectivity index is 1.31. The van der Waals surface area contributed by atoms with Gasteiger partial charge in [-0.05, 0) is 23.3 Å². The van der Waals surface area contributed by atoms with Crippen LogP contribution in [0.5, 0.6) is 0 Å². The second kappa shape index (κ2) is 10.7. The fraction of sp³-hybridized carbons (Fsp3) is 0.269. The highest BCUT2D eigenvalue weighted by Crippen LogP contribution is 2.24. The number of carbonyl (C=O) groups is 1. The molecule has 1 amide bonds. The molecule has 0 aliphatic carbocycles. The Bertz CT molecular complexity index is 1090. The molecule has 1 fully saturated rings. The molecule has 0 saturated carbocycles. The van der Waals surface area contributed by atoms with E-state index in [9.17, 15) is 13.2 Å². The lowest BCUT2D eigenvalue weighted by atomic mass is 9.90. The van der Waals surface area contributed by atoms with Gasteiger partial charge in [-0.1, -0.05) is 78.9 Å². The van der Waals surface area contributed by atoms with Crippen LogP contribution >= 0.6 is 0 Å². The van der Waals surface area contributed by atoms with Crippen LogP contribution in [0.4, 0.5) is 0 Å².